The zero-order valence-electron chi connectivity index (χ0n) is 16.4. The van der Waals surface area contributed by atoms with Crippen LogP contribution in [0.5, 0.6) is 0 Å². The molecule has 0 spiro atoms. The molecule has 1 heterocycles. The SMILES string of the molecule is CN=C(NCCCn1cc(C)cn1)NCC1(C(=O)N(C)C)CCCC1.I. The van der Waals surface area contributed by atoms with Gasteiger partial charge in [-0.05, 0) is 31.7 Å². The van der Waals surface area contributed by atoms with Crippen LogP contribution in [-0.2, 0) is 11.3 Å². The molecule has 1 aliphatic carbocycles. The molecule has 0 saturated heterocycles. The van der Waals surface area contributed by atoms with E-state index >= 15 is 0 Å². The molecule has 0 atom stereocenters. The highest BCUT2D eigenvalue weighted by Gasteiger charge is 2.42. The Morgan fingerprint density at radius 2 is 2.04 bits per heavy atom. The van der Waals surface area contributed by atoms with Crippen LogP contribution < -0.4 is 10.6 Å². The number of aliphatic imine (C=N–C) groups is 1. The minimum atomic E-state index is -0.284. The van der Waals surface area contributed by atoms with Gasteiger partial charge in [0.1, 0.15) is 0 Å². The maximum absolute atomic E-state index is 12.6. The highest BCUT2D eigenvalue weighted by atomic mass is 127. The first-order valence-corrected chi connectivity index (χ1v) is 9.12. The number of hydrogen-bond acceptors (Lipinski definition) is 3. The second-order valence-electron chi connectivity index (χ2n) is 7.17. The zero-order chi connectivity index (χ0) is 18.3. The fourth-order valence-electron chi connectivity index (χ4n) is 3.50. The zero-order valence-corrected chi connectivity index (χ0v) is 18.7. The number of aryl methyl sites for hydroxylation is 2. The second kappa shape index (κ2) is 10.7. The number of nitrogens with zero attached hydrogens (tertiary/aromatic N) is 4. The molecule has 1 saturated carbocycles. The third-order valence-corrected chi connectivity index (χ3v) is 4.86. The summed E-state index contributed by atoms with van der Waals surface area (Å²) in [6.45, 7) is 4.37. The smallest absolute Gasteiger partial charge is 0.230 e. The van der Waals surface area contributed by atoms with E-state index in [1.807, 2.05) is 38.1 Å². The molecule has 0 aromatic carbocycles. The van der Waals surface area contributed by atoms with E-state index in [9.17, 15) is 4.79 Å². The Morgan fingerprint density at radius 3 is 2.58 bits per heavy atom. The number of guanidine groups is 1. The van der Waals surface area contributed by atoms with Crippen molar-refractivity contribution in [3.05, 3.63) is 18.0 Å². The minimum absolute atomic E-state index is 0. The van der Waals surface area contributed by atoms with E-state index in [1.165, 1.54) is 5.56 Å². The molecule has 26 heavy (non-hydrogen) atoms. The second-order valence-corrected chi connectivity index (χ2v) is 7.17. The summed E-state index contributed by atoms with van der Waals surface area (Å²) in [7, 11) is 5.44. The lowest BCUT2D eigenvalue weighted by Gasteiger charge is -2.31. The maximum Gasteiger partial charge on any atom is 0.230 e. The number of nitrogens with one attached hydrogen (secondary N) is 2. The summed E-state index contributed by atoms with van der Waals surface area (Å²) in [6.07, 6.45) is 9.02. The van der Waals surface area contributed by atoms with Crippen molar-refractivity contribution in [2.75, 3.05) is 34.2 Å². The third kappa shape index (κ3) is 6.14. The average Bonchev–Trinajstić information content (AvgIpc) is 3.23. The predicted octanol–water partition coefficient (Wildman–Crippen LogP) is 2.01. The number of carbonyl (C=O) groups is 1. The van der Waals surface area contributed by atoms with Crippen molar-refractivity contribution in [1.82, 2.24) is 25.3 Å². The van der Waals surface area contributed by atoms with Gasteiger partial charge >= 0.3 is 0 Å². The van der Waals surface area contributed by atoms with E-state index in [4.69, 9.17) is 0 Å². The number of rotatable bonds is 7. The average molecular weight is 476 g/mol. The molecule has 148 valence electrons. The molecule has 1 aromatic heterocycles. The number of carbonyl (C=O) groups excluding carboxylic acids is 1. The van der Waals surface area contributed by atoms with Crippen molar-refractivity contribution in [3.8, 4) is 0 Å². The molecule has 0 radical (unpaired) electrons. The Balaban J connectivity index is 0.00000338. The quantitative estimate of drug-likeness (QED) is 0.273. The van der Waals surface area contributed by atoms with Gasteiger partial charge in [-0.2, -0.15) is 5.10 Å². The number of hydrogen-bond donors (Lipinski definition) is 2. The van der Waals surface area contributed by atoms with Crippen molar-refractivity contribution in [3.63, 3.8) is 0 Å². The maximum atomic E-state index is 12.6. The molecule has 1 aliphatic rings. The van der Waals surface area contributed by atoms with Crippen molar-refractivity contribution >= 4 is 35.8 Å². The molecule has 0 aliphatic heterocycles. The largest absolute Gasteiger partial charge is 0.356 e. The van der Waals surface area contributed by atoms with Gasteiger partial charge in [0.15, 0.2) is 5.96 Å². The van der Waals surface area contributed by atoms with Crippen LogP contribution in [0.25, 0.3) is 0 Å². The summed E-state index contributed by atoms with van der Waals surface area (Å²) in [5.41, 5.74) is 0.895. The Hall–Kier alpha value is -1.32. The van der Waals surface area contributed by atoms with Gasteiger partial charge in [-0.25, -0.2) is 0 Å². The Labute approximate surface area is 174 Å². The van der Waals surface area contributed by atoms with Crippen LogP contribution in [0.15, 0.2) is 17.4 Å². The lowest BCUT2D eigenvalue weighted by atomic mass is 9.84. The Morgan fingerprint density at radius 1 is 1.35 bits per heavy atom. The van der Waals surface area contributed by atoms with E-state index in [0.29, 0.717) is 6.54 Å². The predicted molar refractivity (Wildman–Crippen MR) is 116 cm³/mol. The molecule has 0 unspecified atom stereocenters. The molecule has 7 nitrogen and oxygen atoms in total. The Bertz CT molecular complexity index is 592. The monoisotopic (exact) mass is 476 g/mol. The van der Waals surface area contributed by atoms with E-state index in [-0.39, 0.29) is 35.3 Å². The summed E-state index contributed by atoms with van der Waals surface area (Å²) in [4.78, 5) is 18.6. The summed E-state index contributed by atoms with van der Waals surface area (Å²) in [5.74, 6) is 0.983. The number of aromatic nitrogens is 2. The van der Waals surface area contributed by atoms with Crippen molar-refractivity contribution in [1.29, 1.82) is 0 Å². The van der Waals surface area contributed by atoms with Gasteiger partial charge < -0.3 is 15.5 Å². The Kier molecular flexibility index (Phi) is 9.38. The number of amides is 1. The van der Waals surface area contributed by atoms with Crippen LogP contribution >= 0.6 is 24.0 Å². The van der Waals surface area contributed by atoms with Crippen molar-refractivity contribution in [2.24, 2.45) is 10.4 Å². The third-order valence-electron chi connectivity index (χ3n) is 4.86. The van der Waals surface area contributed by atoms with Crippen LogP contribution in [-0.4, -0.2) is 60.8 Å². The first-order valence-electron chi connectivity index (χ1n) is 9.12. The topological polar surface area (TPSA) is 74.5 Å². The summed E-state index contributed by atoms with van der Waals surface area (Å²) < 4.78 is 1.95. The van der Waals surface area contributed by atoms with Crippen LogP contribution in [0.2, 0.25) is 0 Å². The van der Waals surface area contributed by atoms with E-state index in [2.05, 4.69) is 20.7 Å². The van der Waals surface area contributed by atoms with Crippen LogP contribution in [0.3, 0.4) is 0 Å². The molecular formula is C18H33IN6O. The van der Waals surface area contributed by atoms with Gasteiger partial charge in [-0.1, -0.05) is 12.8 Å². The van der Waals surface area contributed by atoms with Crippen molar-refractivity contribution < 1.29 is 4.79 Å². The van der Waals surface area contributed by atoms with Crippen LogP contribution in [0, 0.1) is 12.3 Å². The first-order chi connectivity index (χ1) is 12.0. The lowest BCUT2D eigenvalue weighted by Crippen LogP contribution is -2.49. The van der Waals surface area contributed by atoms with Crippen LogP contribution in [0.4, 0.5) is 0 Å². The highest BCUT2D eigenvalue weighted by molar-refractivity contribution is 14.0. The van der Waals surface area contributed by atoms with E-state index < -0.39 is 0 Å². The highest BCUT2D eigenvalue weighted by Crippen LogP contribution is 2.38. The normalized spacial score (nSPS) is 16.1. The van der Waals surface area contributed by atoms with Gasteiger partial charge in [0.25, 0.3) is 0 Å². The van der Waals surface area contributed by atoms with Gasteiger partial charge in [0, 0.05) is 47.0 Å². The first kappa shape index (κ1) is 22.7. The van der Waals surface area contributed by atoms with Crippen molar-refractivity contribution in [2.45, 2.75) is 45.6 Å². The molecule has 0 bridgehead atoms. The van der Waals surface area contributed by atoms with Gasteiger partial charge in [0.05, 0.1) is 11.6 Å². The summed E-state index contributed by atoms with van der Waals surface area (Å²) in [5, 5.41) is 11.0. The minimum Gasteiger partial charge on any atom is -0.356 e. The van der Waals surface area contributed by atoms with Gasteiger partial charge in [0.2, 0.25) is 5.91 Å². The molecule has 1 fully saturated rings. The fourth-order valence-corrected chi connectivity index (χ4v) is 3.50. The van der Waals surface area contributed by atoms with E-state index in [0.717, 1.165) is 51.2 Å². The van der Waals surface area contributed by atoms with Crippen LogP contribution in [0.1, 0.15) is 37.7 Å². The number of halogens is 1. The fraction of sp³-hybridized carbons (Fsp3) is 0.722. The lowest BCUT2D eigenvalue weighted by molar-refractivity contribution is -0.138. The summed E-state index contributed by atoms with van der Waals surface area (Å²) >= 11 is 0. The van der Waals surface area contributed by atoms with Gasteiger partial charge in [-0.3, -0.25) is 14.5 Å². The van der Waals surface area contributed by atoms with E-state index in [1.54, 1.807) is 11.9 Å². The molecular weight excluding hydrogens is 443 g/mol. The molecule has 2 N–H and O–H groups in total. The standard InChI is InChI=1S/C18H32N6O.HI/c1-15-12-22-24(13-15)11-7-10-20-17(19-2)21-14-18(8-5-6-9-18)16(25)23(3)4;/h12-13H,5-11,14H2,1-4H3,(H2,19,20,21);1H. The molecule has 2 rings (SSSR count). The van der Waals surface area contributed by atoms with Gasteiger partial charge in [-0.15, -0.1) is 24.0 Å². The molecule has 1 amide bonds. The summed E-state index contributed by atoms with van der Waals surface area (Å²) in [6, 6.07) is 0. The molecule has 8 heteroatoms. The molecule has 1 aromatic rings.